The molecule has 0 spiro atoms. The number of nitrogens with zero attached hydrogens (tertiary/aromatic N) is 5. The molecule has 7 nitrogen and oxygen atoms in total. The Morgan fingerprint density at radius 2 is 1.30 bits per heavy atom. The van der Waals surface area contributed by atoms with Crippen LogP contribution in [-0.2, 0) is 4.74 Å². The van der Waals surface area contributed by atoms with Crippen molar-refractivity contribution in [1.82, 2.24) is 24.5 Å². The maximum absolute atomic E-state index is 12.6. The minimum Gasteiger partial charge on any atom is -0.462 e. The van der Waals surface area contributed by atoms with Crippen LogP contribution in [0.25, 0.3) is 11.6 Å². The first-order valence-corrected chi connectivity index (χ1v) is 13.4. The topological polar surface area (TPSA) is 74.8 Å². The lowest BCUT2D eigenvalue weighted by Gasteiger charge is -2.08. The highest BCUT2D eigenvalue weighted by Gasteiger charge is 2.14. The summed E-state index contributed by atoms with van der Waals surface area (Å²) in [6.07, 6.45) is 18.3. The molecule has 0 aliphatic heterocycles. The summed E-state index contributed by atoms with van der Waals surface area (Å²) in [5.41, 5.74) is 1.98. The van der Waals surface area contributed by atoms with Gasteiger partial charge in [-0.05, 0) is 31.9 Å². The molecule has 0 amide bonds. The molecule has 0 radical (unpaired) electrons. The van der Waals surface area contributed by atoms with E-state index in [0.717, 1.165) is 36.8 Å². The Hall–Kier alpha value is -3.84. The summed E-state index contributed by atoms with van der Waals surface area (Å²) in [7, 11) is 0. The summed E-state index contributed by atoms with van der Waals surface area (Å²) in [5, 5.41) is 8.84. The Kier molecular flexibility index (Phi) is 11.5. The van der Waals surface area contributed by atoms with E-state index >= 15 is 0 Å². The number of rotatable bonds is 12. The number of hydrogen-bond acceptors (Lipinski definition) is 5. The van der Waals surface area contributed by atoms with E-state index < -0.39 is 5.97 Å². The van der Waals surface area contributed by atoms with Gasteiger partial charge in [0.25, 0.3) is 0 Å². The molecule has 0 atom stereocenters. The van der Waals surface area contributed by atoms with E-state index in [1.165, 1.54) is 38.5 Å². The van der Waals surface area contributed by atoms with Gasteiger partial charge in [0.05, 0.1) is 35.7 Å². The van der Waals surface area contributed by atoms with Crippen LogP contribution >= 0.6 is 0 Å². The summed E-state index contributed by atoms with van der Waals surface area (Å²) >= 11 is 0. The molecule has 3 aromatic rings. The molecule has 0 aromatic carbocycles. The lowest BCUT2D eigenvalue weighted by Crippen LogP contribution is -2.10. The van der Waals surface area contributed by atoms with Crippen molar-refractivity contribution in [3.8, 4) is 35.3 Å². The zero-order valence-electron chi connectivity index (χ0n) is 22.3. The van der Waals surface area contributed by atoms with Crippen molar-refractivity contribution in [2.75, 3.05) is 6.61 Å². The van der Waals surface area contributed by atoms with Crippen LogP contribution in [0.15, 0.2) is 36.9 Å². The first kappa shape index (κ1) is 27.7. The molecule has 3 rings (SSSR count). The van der Waals surface area contributed by atoms with Gasteiger partial charge in [0.2, 0.25) is 0 Å². The molecule has 0 N–H and O–H groups in total. The first-order valence-electron chi connectivity index (χ1n) is 13.4. The average Bonchev–Trinajstić information content (AvgIpc) is 3.58. The molecular weight excluding hydrogens is 462 g/mol. The normalized spacial score (nSPS) is 10.4. The van der Waals surface area contributed by atoms with Gasteiger partial charge in [0.1, 0.15) is 0 Å². The molecule has 0 unspecified atom stereocenters. The van der Waals surface area contributed by atoms with Crippen molar-refractivity contribution >= 4 is 5.97 Å². The number of carbonyl (C=O) groups excluding carboxylic acids is 1. The lowest BCUT2D eigenvalue weighted by atomic mass is 10.1. The Bertz CT molecular complexity index is 1180. The number of pyridine rings is 1. The van der Waals surface area contributed by atoms with Crippen molar-refractivity contribution in [1.29, 1.82) is 0 Å². The zero-order valence-corrected chi connectivity index (χ0v) is 22.3. The highest BCUT2D eigenvalue weighted by Crippen LogP contribution is 2.16. The van der Waals surface area contributed by atoms with Gasteiger partial charge >= 0.3 is 5.97 Å². The quantitative estimate of drug-likeness (QED) is 0.167. The molecule has 37 heavy (non-hydrogen) atoms. The Balaban J connectivity index is 1.80. The van der Waals surface area contributed by atoms with E-state index in [1.54, 1.807) is 40.8 Å². The lowest BCUT2D eigenvalue weighted by molar-refractivity contribution is 0.0526. The van der Waals surface area contributed by atoms with Crippen LogP contribution in [0, 0.1) is 23.7 Å². The van der Waals surface area contributed by atoms with Gasteiger partial charge in [-0.1, -0.05) is 76.1 Å². The van der Waals surface area contributed by atoms with Crippen LogP contribution in [0.4, 0.5) is 0 Å². The Morgan fingerprint density at radius 3 is 1.76 bits per heavy atom. The fourth-order valence-electron chi connectivity index (χ4n) is 3.70. The third kappa shape index (κ3) is 8.95. The van der Waals surface area contributed by atoms with Gasteiger partial charge < -0.3 is 4.74 Å². The standard InChI is InChI=1S/C30H37N5O2/c1-4-7-9-11-13-15-17-25-21-31-34(23-25)28-19-27(30(36)37-6-3)20-29(33-28)35-24-26(22-32-35)18-16-14-12-10-8-5-2/h19-24H,4-14H2,1-3H3. The highest BCUT2D eigenvalue weighted by atomic mass is 16.5. The zero-order chi connectivity index (χ0) is 26.3. The third-order valence-corrected chi connectivity index (χ3v) is 5.72. The van der Waals surface area contributed by atoms with Crippen LogP contribution in [0.2, 0.25) is 0 Å². The summed E-state index contributed by atoms with van der Waals surface area (Å²) in [4.78, 5) is 17.3. The summed E-state index contributed by atoms with van der Waals surface area (Å²) < 4.78 is 8.47. The molecule has 7 heteroatoms. The van der Waals surface area contributed by atoms with E-state index in [-0.39, 0.29) is 6.61 Å². The smallest absolute Gasteiger partial charge is 0.338 e. The largest absolute Gasteiger partial charge is 0.462 e. The molecule has 3 heterocycles. The van der Waals surface area contributed by atoms with Gasteiger partial charge in [-0.3, -0.25) is 0 Å². The van der Waals surface area contributed by atoms with E-state index in [0.29, 0.717) is 17.2 Å². The average molecular weight is 500 g/mol. The predicted octanol–water partition coefficient (Wildman–Crippen LogP) is 6.27. The fraction of sp³-hybridized carbons (Fsp3) is 0.467. The van der Waals surface area contributed by atoms with Crippen LogP contribution in [0.5, 0.6) is 0 Å². The summed E-state index contributed by atoms with van der Waals surface area (Å²) in [5.74, 6) is 13.3. The third-order valence-electron chi connectivity index (χ3n) is 5.72. The van der Waals surface area contributed by atoms with Gasteiger partial charge in [0.15, 0.2) is 11.6 Å². The van der Waals surface area contributed by atoms with Crippen molar-refractivity contribution in [3.05, 3.63) is 53.6 Å². The second-order valence-electron chi connectivity index (χ2n) is 8.86. The maximum Gasteiger partial charge on any atom is 0.338 e. The number of ether oxygens (including phenoxy) is 1. The van der Waals surface area contributed by atoms with Crippen molar-refractivity contribution in [2.45, 2.75) is 85.0 Å². The molecule has 0 aliphatic rings. The van der Waals surface area contributed by atoms with Gasteiger partial charge in [-0.2, -0.15) is 10.2 Å². The van der Waals surface area contributed by atoms with Crippen molar-refractivity contribution < 1.29 is 9.53 Å². The second kappa shape index (κ2) is 15.3. The minimum absolute atomic E-state index is 0.283. The molecule has 0 saturated carbocycles. The fourth-order valence-corrected chi connectivity index (χ4v) is 3.70. The van der Waals surface area contributed by atoms with E-state index in [4.69, 9.17) is 9.72 Å². The number of esters is 1. The van der Waals surface area contributed by atoms with Crippen LogP contribution in [0.3, 0.4) is 0 Å². The highest BCUT2D eigenvalue weighted by molar-refractivity contribution is 5.90. The van der Waals surface area contributed by atoms with Gasteiger partial charge in [0, 0.05) is 25.2 Å². The SMILES string of the molecule is CCCCCCC#Cc1cnn(-c2cc(C(=O)OCC)cc(-n3cc(C#CCCCCCC)cn3)n2)c1. The van der Waals surface area contributed by atoms with Crippen LogP contribution in [0.1, 0.15) is 106 Å². The van der Waals surface area contributed by atoms with Gasteiger partial charge in [-0.25, -0.2) is 19.1 Å². The van der Waals surface area contributed by atoms with Crippen LogP contribution < -0.4 is 0 Å². The van der Waals surface area contributed by atoms with E-state index in [1.807, 2.05) is 12.4 Å². The molecule has 0 saturated heterocycles. The van der Waals surface area contributed by atoms with Gasteiger partial charge in [-0.15, -0.1) is 0 Å². The first-order chi connectivity index (χ1) is 18.1. The van der Waals surface area contributed by atoms with Crippen molar-refractivity contribution in [2.24, 2.45) is 0 Å². The molecule has 3 aromatic heterocycles. The molecule has 0 aliphatic carbocycles. The maximum atomic E-state index is 12.6. The van der Waals surface area contributed by atoms with E-state index in [9.17, 15) is 4.79 Å². The minimum atomic E-state index is -0.425. The van der Waals surface area contributed by atoms with E-state index in [2.05, 4.69) is 47.7 Å². The number of carbonyl (C=O) groups is 1. The summed E-state index contributed by atoms with van der Waals surface area (Å²) in [6.45, 7) is 6.46. The Morgan fingerprint density at radius 1 is 0.784 bits per heavy atom. The number of aromatic nitrogens is 5. The molecular formula is C30H37N5O2. The molecule has 194 valence electrons. The molecule has 0 bridgehead atoms. The Labute approximate surface area is 220 Å². The predicted molar refractivity (Wildman–Crippen MR) is 146 cm³/mol. The number of hydrogen-bond donors (Lipinski definition) is 0. The second-order valence-corrected chi connectivity index (χ2v) is 8.86. The number of unbranched alkanes of at least 4 members (excludes halogenated alkanes) is 8. The molecule has 0 fully saturated rings. The van der Waals surface area contributed by atoms with Crippen molar-refractivity contribution in [3.63, 3.8) is 0 Å². The monoisotopic (exact) mass is 499 g/mol. The van der Waals surface area contributed by atoms with Crippen LogP contribution in [-0.4, -0.2) is 37.1 Å². The summed E-state index contributed by atoms with van der Waals surface area (Å²) in [6, 6.07) is 3.33.